The van der Waals surface area contributed by atoms with Crippen LogP contribution in [0.5, 0.6) is 0 Å². The fourth-order valence-corrected chi connectivity index (χ4v) is 2.10. The van der Waals surface area contributed by atoms with E-state index >= 15 is 0 Å². The largest absolute Gasteiger partial charge is 0.333 e. The number of thioether (sulfide) groups is 1. The van der Waals surface area contributed by atoms with E-state index in [4.69, 9.17) is 0 Å². The third-order valence-corrected chi connectivity index (χ3v) is 3.05. The quantitative estimate of drug-likeness (QED) is 0.770. The summed E-state index contributed by atoms with van der Waals surface area (Å²) < 4.78 is 38.8. The summed E-state index contributed by atoms with van der Waals surface area (Å²) in [5.74, 6) is -2.21. The van der Waals surface area contributed by atoms with Crippen molar-refractivity contribution in [2.45, 2.75) is 6.42 Å². The maximum Gasteiger partial charge on any atom is 0.161 e. The Hall–Kier alpha value is -1.17. The highest BCUT2D eigenvalue weighted by Gasteiger charge is 2.12. The van der Waals surface area contributed by atoms with E-state index in [0.717, 1.165) is 18.2 Å². The lowest BCUT2D eigenvalue weighted by molar-refractivity contribution is 0.496. The predicted molar refractivity (Wildman–Crippen MR) is 59.3 cm³/mol. The van der Waals surface area contributed by atoms with E-state index in [1.54, 1.807) is 0 Å². The Kier molecular flexibility index (Phi) is 3.38. The average Bonchev–Trinajstić information content (AvgIpc) is 2.27. The van der Waals surface area contributed by atoms with Gasteiger partial charge in [0.1, 0.15) is 5.82 Å². The van der Waals surface area contributed by atoms with Gasteiger partial charge >= 0.3 is 0 Å². The molecule has 0 bridgehead atoms. The number of aliphatic imine (C=N–C) groups is 1. The second kappa shape index (κ2) is 4.78. The van der Waals surface area contributed by atoms with Gasteiger partial charge in [-0.3, -0.25) is 4.99 Å². The molecule has 1 aromatic carbocycles. The molecule has 0 saturated carbocycles. The highest BCUT2D eigenvalue weighted by Crippen LogP contribution is 2.21. The van der Waals surface area contributed by atoms with Gasteiger partial charge in [0.2, 0.25) is 0 Å². The fourth-order valence-electron chi connectivity index (χ4n) is 1.27. The van der Waals surface area contributed by atoms with Crippen LogP contribution in [0.15, 0.2) is 17.1 Å². The standard InChI is InChI=1S/C10H9F3N2S/c11-6-4-8(13)9(5-7(6)12)15-10-14-2-1-3-16-10/h4-5H,1-3H2,(H,14,15). The molecule has 0 amide bonds. The molecule has 6 heteroatoms. The van der Waals surface area contributed by atoms with Crippen molar-refractivity contribution in [3.63, 3.8) is 0 Å². The van der Waals surface area contributed by atoms with E-state index in [1.807, 2.05) is 0 Å². The summed E-state index contributed by atoms with van der Waals surface area (Å²) in [4.78, 5) is 4.10. The molecule has 0 fully saturated rings. The van der Waals surface area contributed by atoms with Crippen molar-refractivity contribution in [1.29, 1.82) is 0 Å². The summed E-state index contributed by atoms with van der Waals surface area (Å²) in [5.41, 5.74) is -0.0907. The topological polar surface area (TPSA) is 24.4 Å². The first kappa shape index (κ1) is 11.3. The van der Waals surface area contributed by atoms with Crippen molar-refractivity contribution in [3.8, 4) is 0 Å². The van der Waals surface area contributed by atoms with Gasteiger partial charge in [0.15, 0.2) is 16.8 Å². The van der Waals surface area contributed by atoms with Crippen LogP contribution in [-0.2, 0) is 0 Å². The fraction of sp³-hybridized carbons (Fsp3) is 0.300. The number of nitrogens with zero attached hydrogens (tertiary/aromatic N) is 1. The summed E-state index contributed by atoms with van der Waals surface area (Å²) >= 11 is 1.43. The zero-order valence-electron chi connectivity index (χ0n) is 8.27. The normalized spacial score (nSPS) is 15.8. The van der Waals surface area contributed by atoms with Gasteiger partial charge in [0, 0.05) is 24.4 Å². The number of benzene rings is 1. The first-order valence-corrected chi connectivity index (χ1v) is 5.74. The first-order valence-electron chi connectivity index (χ1n) is 4.75. The summed E-state index contributed by atoms with van der Waals surface area (Å²) in [5, 5.41) is 3.19. The van der Waals surface area contributed by atoms with Crippen molar-refractivity contribution >= 4 is 22.6 Å². The zero-order chi connectivity index (χ0) is 11.5. The van der Waals surface area contributed by atoms with Crippen LogP contribution >= 0.6 is 11.8 Å². The number of nitrogens with one attached hydrogen (secondary N) is 1. The molecule has 0 radical (unpaired) electrons. The average molecular weight is 246 g/mol. The third-order valence-electron chi connectivity index (χ3n) is 2.05. The van der Waals surface area contributed by atoms with Gasteiger partial charge in [-0.1, -0.05) is 11.8 Å². The number of halogens is 3. The number of hydrogen-bond donors (Lipinski definition) is 1. The summed E-state index contributed by atoms with van der Waals surface area (Å²) in [6, 6.07) is 1.31. The zero-order valence-corrected chi connectivity index (χ0v) is 9.08. The van der Waals surface area contributed by atoms with Gasteiger partial charge in [-0.25, -0.2) is 13.2 Å². The molecule has 0 unspecified atom stereocenters. The monoisotopic (exact) mass is 246 g/mol. The predicted octanol–water partition coefficient (Wildman–Crippen LogP) is 3.01. The van der Waals surface area contributed by atoms with Crippen LogP contribution in [-0.4, -0.2) is 17.5 Å². The SMILES string of the molecule is Fc1cc(F)c(NC2=NCCCS2)cc1F. The molecule has 2 nitrogen and oxygen atoms in total. The molecule has 1 heterocycles. The minimum absolute atomic E-state index is 0.0907. The highest BCUT2D eigenvalue weighted by molar-refractivity contribution is 8.14. The lowest BCUT2D eigenvalue weighted by Gasteiger charge is -2.13. The number of anilines is 1. The van der Waals surface area contributed by atoms with Gasteiger partial charge in [-0.15, -0.1) is 0 Å². The van der Waals surface area contributed by atoms with E-state index in [1.165, 1.54) is 11.8 Å². The van der Waals surface area contributed by atoms with Gasteiger partial charge in [0.25, 0.3) is 0 Å². The van der Waals surface area contributed by atoms with Crippen molar-refractivity contribution < 1.29 is 13.2 Å². The van der Waals surface area contributed by atoms with Gasteiger partial charge in [-0.2, -0.15) is 0 Å². The molecule has 1 aliphatic heterocycles. The Morgan fingerprint density at radius 2 is 1.88 bits per heavy atom. The number of hydrogen-bond acceptors (Lipinski definition) is 3. The lowest BCUT2D eigenvalue weighted by atomic mass is 10.3. The van der Waals surface area contributed by atoms with Gasteiger partial charge in [0.05, 0.1) is 5.69 Å². The minimum atomic E-state index is -1.19. The van der Waals surface area contributed by atoms with E-state index in [2.05, 4.69) is 10.3 Å². The maximum atomic E-state index is 13.3. The van der Waals surface area contributed by atoms with Crippen LogP contribution < -0.4 is 5.32 Å². The van der Waals surface area contributed by atoms with Crippen molar-refractivity contribution in [2.75, 3.05) is 17.6 Å². The van der Waals surface area contributed by atoms with Crippen LogP contribution in [0.4, 0.5) is 18.9 Å². The Bertz CT molecular complexity index is 434. The molecule has 86 valence electrons. The van der Waals surface area contributed by atoms with Crippen LogP contribution in [0, 0.1) is 17.5 Å². The Balaban J connectivity index is 2.20. The minimum Gasteiger partial charge on any atom is -0.333 e. The van der Waals surface area contributed by atoms with Crippen molar-refractivity contribution in [1.82, 2.24) is 0 Å². The molecule has 0 spiro atoms. The van der Waals surface area contributed by atoms with E-state index < -0.39 is 17.5 Å². The Morgan fingerprint density at radius 3 is 2.56 bits per heavy atom. The maximum absolute atomic E-state index is 13.3. The van der Waals surface area contributed by atoms with Crippen LogP contribution in [0.3, 0.4) is 0 Å². The molecule has 2 rings (SSSR count). The highest BCUT2D eigenvalue weighted by atomic mass is 32.2. The number of rotatable bonds is 1. The molecule has 0 atom stereocenters. The summed E-state index contributed by atoms with van der Waals surface area (Å²) in [7, 11) is 0. The molecule has 0 saturated heterocycles. The molecule has 0 aliphatic carbocycles. The van der Waals surface area contributed by atoms with Crippen LogP contribution in [0.25, 0.3) is 0 Å². The van der Waals surface area contributed by atoms with E-state index in [9.17, 15) is 13.2 Å². The Labute approximate surface area is 95.0 Å². The van der Waals surface area contributed by atoms with Crippen LogP contribution in [0.1, 0.15) is 6.42 Å². The van der Waals surface area contributed by atoms with Crippen LogP contribution in [0.2, 0.25) is 0 Å². The third kappa shape index (κ3) is 2.49. The summed E-state index contributed by atoms with van der Waals surface area (Å²) in [6.07, 6.45) is 0.968. The van der Waals surface area contributed by atoms with E-state index in [0.29, 0.717) is 17.8 Å². The molecular formula is C10H9F3N2S. The number of amidine groups is 1. The molecule has 1 aliphatic rings. The summed E-state index contributed by atoms with van der Waals surface area (Å²) in [6.45, 7) is 0.667. The lowest BCUT2D eigenvalue weighted by Crippen LogP contribution is -2.14. The van der Waals surface area contributed by atoms with E-state index in [-0.39, 0.29) is 5.69 Å². The van der Waals surface area contributed by atoms with Gasteiger partial charge < -0.3 is 5.32 Å². The molecule has 1 aromatic rings. The molecule has 1 N–H and O–H groups in total. The second-order valence-electron chi connectivity index (χ2n) is 3.26. The molecule has 16 heavy (non-hydrogen) atoms. The molecule has 0 aromatic heterocycles. The Morgan fingerprint density at radius 1 is 1.12 bits per heavy atom. The van der Waals surface area contributed by atoms with Crippen molar-refractivity contribution in [2.24, 2.45) is 4.99 Å². The van der Waals surface area contributed by atoms with Gasteiger partial charge in [-0.05, 0) is 6.42 Å². The van der Waals surface area contributed by atoms with Crippen molar-refractivity contribution in [3.05, 3.63) is 29.6 Å². The smallest absolute Gasteiger partial charge is 0.161 e. The molecular weight excluding hydrogens is 237 g/mol. The second-order valence-corrected chi connectivity index (χ2v) is 4.34. The first-order chi connectivity index (χ1) is 7.66.